The summed E-state index contributed by atoms with van der Waals surface area (Å²) in [6.45, 7) is 5.66. The maximum absolute atomic E-state index is 8.87. The molecule has 1 unspecified atom stereocenters. The average Bonchev–Trinajstić information content (AvgIpc) is 2.27. The average molecular weight is 210 g/mol. The number of hydrogen-bond acceptors (Lipinski definition) is 5. The van der Waals surface area contributed by atoms with Crippen molar-refractivity contribution < 1.29 is 5.11 Å². The summed E-state index contributed by atoms with van der Waals surface area (Å²) in [5.41, 5.74) is 0. The fraction of sp³-hybridized carbons (Fsp3) is 0.600. The second kappa shape index (κ2) is 6.19. The predicted octanol–water partition coefficient (Wildman–Crippen LogP) is 0.949. The molecule has 0 saturated carbocycles. The van der Waals surface area contributed by atoms with E-state index in [-0.39, 0.29) is 12.5 Å². The Labute approximate surface area is 90.0 Å². The van der Waals surface area contributed by atoms with Crippen LogP contribution in [0.1, 0.15) is 13.8 Å². The van der Waals surface area contributed by atoms with Crippen LogP contribution in [0.4, 0.5) is 11.8 Å². The maximum atomic E-state index is 8.87. The van der Waals surface area contributed by atoms with Gasteiger partial charge in [-0.3, -0.25) is 0 Å². The van der Waals surface area contributed by atoms with Gasteiger partial charge in [-0.15, -0.1) is 0 Å². The highest BCUT2D eigenvalue weighted by molar-refractivity contribution is 5.39. The molecule has 15 heavy (non-hydrogen) atoms. The summed E-state index contributed by atoms with van der Waals surface area (Å²) in [5.74, 6) is 1.63. The normalized spacial score (nSPS) is 12.2. The van der Waals surface area contributed by atoms with Crippen LogP contribution >= 0.6 is 0 Å². The molecule has 1 atom stereocenters. The van der Waals surface area contributed by atoms with Crippen molar-refractivity contribution in [1.82, 2.24) is 9.97 Å². The zero-order valence-corrected chi connectivity index (χ0v) is 9.20. The lowest BCUT2D eigenvalue weighted by atomic mass is 10.2. The summed E-state index contributed by atoms with van der Waals surface area (Å²) in [6, 6.07) is 1.81. The van der Waals surface area contributed by atoms with Gasteiger partial charge in [-0.1, -0.05) is 6.92 Å². The quantitative estimate of drug-likeness (QED) is 0.652. The van der Waals surface area contributed by atoms with E-state index in [9.17, 15) is 0 Å². The van der Waals surface area contributed by atoms with Gasteiger partial charge >= 0.3 is 0 Å². The van der Waals surface area contributed by atoms with E-state index < -0.39 is 0 Å². The van der Waals surface area contributed by atoms with Gasteiger partial charge in [-0.25, -0.2) is 4.98 Å². The van der Waals surface area contributed by atoms with E-state index in [1.54, 1.807) is 6.20 Å². The Morgan fingerprint density at radius 1 is 1.47 bits per heavy atom. The molecule has 0 aromatic carbocycles. The van der Waals surface area contributed by atoms with Gasteiger partial charge in [-0.2, -0.15) is 4.98 Å². The smallest absolute Gasteiger partial charge is 0.224 e. The van der Waals surface area contributed by atoms with E-state index in [2.05, 4.69) is 20.6 Å². The molecule has 0 aliphatic heterocycles. The molecule has 5 nitrogen and oxygen atoms in total. The Hall–Kier alpha value is -1.36. The molecule has 1 aromatic rings. The van der Waals surface area contributed by atoms with Crippen LogP contribution in [0.15, 0.2) is 12.3 Å². The molecule has 0 spiro atoms. The third-order valence-electron chi connectivity index (χ3n) is 1.93. The van der Waals surface area contributed by atoms with E-state index in [4.69, 9.17) is 5.11 Å². The first-order valence-corrected chi connectivity index (χ1v) is 5.18. The number of nitrogens with one attached hydrogen (secondary N) is 2. The topological polar surface area (TPSA) is 70.1 Å². The minimum Gasteiger partial charge on any atom is -0.396 e. The third kappa shape index (κ3) is 4.12. The summed E-state index contributed by atoms with van der Waals surface area (Å²) < 4.78 is 0. The predicted molar refractivity (Wildman–Crippen MR) is 60.9 cm³/mol. The lowest BCUT2D eigenvalue weighted by Gasteiger charge is -2.10. The SMILES string of the molecule is CCNc1nccc(NCC(C)CO)n1. The second-order valence-corrected chi connectivity index (χ2v) is 3.46. The number of anilines is 2. The van der Waals surface area contributed by atoms with Crippen molar-refractivity contribution in [2.45, 2.75) is 13.8 Å². The molecule has 0 saturated heterocycles. The molecule has 1 rings (SSSR count). The van der Waals surface area contributed by atoms with Crippen molar-refractivity contribution in [2.75, 3.05) is 30.3 Å². The standard InChI is InChI=1S/C10H18N4O/c1-3-11-10-12-5-4-9(14-10)13-6-8(2)7-15/h4-5,8,15H,3,6-7H2,1-2H3,(H2,11,12,13,14). The zero-order chi connectivity index (χ0) is 11.1. The second-order valence-electron chi connectivity index (χ2n) is 3.46. The number of aromatic nitrogens is 2. The van der Waals surface area contributed by atoms with Gasteiger partial charge in [0, 0.05) is 25.9 Å². The largest absolute Gasteiger partial charge is 0.396 e. The number of aliphatic hydroxyl groups excluding tert-OH is 1. The molecule has 0 radical (unpaired) electrons. The van der Waals surface area contributed by atoms with Gasteiger partial charge in [0.2, 0.25) is 5.95 Å². The molecule has 84 valence electrons. The van der Waals surface area contributed by atoms with Crippen LogP contribution in [-0.4, -0.2) is 34.8 Å². The van der Waals surface area contributed by atoms with Gasteiger partial charge in [0.15, 0.2) is 0 Å². The lowest BCUT2D eigenvalue weighted by Crippen LogP contribution is -2.15. The molecule has 3 N–H and O–H groups in total. The first-order chi connectivity index (χ1) is 7.26. The Balaban J connectivity index is 2.50. The van der Waals surface area contributed by atoms with E-state index >= 15 is 0 Å². The van der Waals surface area contributed by atoms with Gasteiger partial charge in [0.25, 0.3) is 0 Å². The van der Waals surface area contributed by atoms with E-state index in [1.165, 1.54) is 0 Å². The van der Waals surface area contributed by atoms with Gasteiger partial charge in [-0.05, 0) is 18.9 Å². The van der Waals surface area contributed by atoms with Crippen molar-refractivity contribution in [3.8, 4) is 0 Å². The van der Waals surface area contributed by atoms with Gasteiger partial charge in [0.1, 0.15) is 5.82 Å². The maximum Gasteiger partial charge on any atom is 0.224 e. The summed E-state index contributed by atoms with van der Waals surface area (Å²) in [6.07, 6.45) is 1.71. The molecule has 1 aromatic heterocycles. The molecule has 0 aliphatic carbocycles. The summed E-state index contributed by atoms with van der Waals surface area (Å²) in [5, 5.41) is 15.0. The number of hydrogen-bond donors (Lipinski definition) is 3. The molecule has 0 fully saturated rings. The van der Waals surface area contributed by atoms with Crippen molar-refractivity contribution in [3.63, 3.8) is 0 Å². The molecular weight excluding hydrogens is 192 g/mol. The van der Waals surface area contributed by atoms with Crippen LogP contribution in [0.25, 0.3) is 0 Å². The van der Waals surface area contributed by atoms with E-state index in [1.807, 2.05) is 19.9 Å². The molecule has 0 bridgehead atoms. The Morgan fingerprint density at radius 3 is 2.93 bits per heavy atom. The molecule has 1 heterocycles. The monoisotopic (exact) mass is 210 g/mol. The van der Waals surface area contributed by atoms with Crippen molar-refractivity contribution >= 4 is 11.8 Å². The highest BCUT2D eigenvalue weighted by Gasteiger charge is 2.01. The summed E-state index contributed by atoms with van der Waals surface area (Å²) in [4.78, 5) is 8.32. The van der Waals surface area contributed by atoms with Gasteiger partial charge in [0.05, 0.1) is 0 Å². The van der Waals surface area contributed by atoms with Crippen LogP contribution in [0.3, 0.4) is 0 Å². The zero-order valence-electron chi connectivity index (χ0n) is 9.20. The van der Waals surface area contributed by atoms with E-state index in [0.717, 1.165) is 12.4 Å². The number of nitrogens with zero attached hydrogens (tertiary/aromatic N) is 2. The Bertz CT molecular complexity index is 293. The fourth-order valence-electron chi connectivity index (χ4n) is 1.04. The fourth-order valence-corrected chi connectivity index (χ4v) is 1.04. The number of aliphatic hydroxyl groups is 1. The van der Waals surface area contributed by atoms with Crippen LogP contribution < -0.4 is 10.6 Å². The Kier molecular flexibility index (Phi) is 4.83. The summed E-state index contributed by atoms with van der Waals surface area (Å²) >= 11 is 0. The molecule has 0 aliphatic rings. The van der Waals surface area contributed by atoms with Crippen LogP contribution in [0, 0.1) is 5.92 Å². The lowest BCUT2D eigenvalue weighted by molar-refractivity contribution is 0.244. The van der Waals surface area contributed by atoms with Gasteiger partial charge < -0.3 is 15.7 Å². The van der Waals surface area contributed by atoms with Crippen molar-refractivity contribution in [3.05, 3.63) is 12.3 Å². The van der Waals surface area contributed by atoms with Crippen LogP contribution in [0.5, 0.6) is 0 Å². The summed E-state index contributed by atoms with van der Waals surface area (Å²) in [7, 11) is 0. The Morgan fingerprint density at radius 2 is 2.27 bits per heavy atom. The third-order valence-corrected chi connectivity index (χ3v) is 1.93. The number of rotatable bonds is 6. The van der Waals surface area contributed by atoms with Crippen LogP contribution in [0.2, 0.25) is 0 Å². The molecule has 0 amide bonds. The molecular formula is C10H18N4O. The van der Waals surface area contributed by atoms with E-state index in [0.29, 0.717) is 12.5 Å². The minimum absolute atomic E-state index is 0.179. The first-order valence-electron chi connectivity index (χ1n) is 5.18. The van der Waals surface area contributed by atoms with Crippen molar-refractivity contribution in [2.24, 2.45) is 5.92 Å². The molecule has 5 heteroatoms. The highest BCUT2D eigenvalue weighted by atomic mass is 16.3. The minimum atomic E-state index is 0.179. The van der Waals surface area contributed by atoms with Crippen molar-refractivity contribution in [1.29, 1.82) is 0 Å². The van der Waals surface area contributed by atoms with Crippen LogP contribution in [-0.2, 0) is 0 Å². The first kappa shape index (κ1) is 11.7. The highest BCUT2D eigenvalue weighted by Crippen LogP contribution is 2.06.